The normalized spacial score (nSPS) is 12.1. The van der Waals surface area contributed by atoms with Crippen LogP contribution in [-0.4, -0.2) is 5.78 Å². The molecule has 0 amide bonds. The molecule has 0 aliphatic carbocycles. The van der Waals surface area contributed by atoms with Crippen LogP contribution in [0.1, 0.15) is 30.1 Å². The molecule has 1 rings (SSSR count). The third kappa shape index (κ3) is 2.57. The molecule has 0 aliphatic rings. The summed E-state index contributed by atoms with van der Waals surface area (Å²) in [6.45, 7) is 1.61. The highest BCUT2D eigenvalue weighted by molar-refractivity contribution is 5.99. The number of carbonyl (C=O) groups is 1. The van der Waals surface area contributed by atoms with Crippen LogP contribution < -0.4 is 0 Å². The molecule has 0 saturated heterocycles. The van der Waals surface area contributed by atoms with Gasteiger partial charge in [0.25, 0.3) is 0 Å². The van der Waals surface area contributed by atoms with Gasteiger partial charge in [0.05, 0.1) is 11.6 Å². The summed E-state index contributed by atoms with van der Waals surface area (Å²) in [5.41, 5.74) is -1.56. The highest BCUT2D eigenvalue weighted by Gasteiger charge is 2.32. The molecule has 1 aromatic carbocycles. The third-order valence-corrected chi connectivity index (χ3v) is 2.51. The zero-order valence-corrected chi connectivity index (χ0v) is 9.74. The van der Waals surface area contributed by atoms with Crippen LogP contribution >= 0.6 is 0 Å². The van der Waals surface area contributed by atoms with Gasteiger partial charge in [-0.2, -0.15) is 5.26 Å². The van der Waals surface area contributed by atoms with E-state index in [0.717, 1.165) is 0 Å². The summed E-state index contributed by atoms with van der Waals surface area (Å²) in [7, 11) is 0. The Balaban J connectivity index is 3.44. The van der Waals surface area contributed by atoms with Gasteiger partial charge < -0.3 is 0 Å². The number of nitriles is 1. The molecule has 0 aromatic heterocycles. The van der Waals surface area contributed by atoms with Crippen LogP contribution in [0.2, 0.25) is 0 Å². The molecule has 7 heteroatoms. The number of halogens is 5. The maximum Gasteiger partial charge on any atom is 0.200 e. The molecule has 0 bridgehead atoms. The second-order valence-electron chi connectivity index (χ2n) is 3.78. The molecule has 1 aromatic rings. The van der Waals surface area contributed by atoms with E-state index in [1.54, 1.807) is 6.92 Å². The first-order chi connectivity index (χ1) is 8.86. The summed E-state index contributed by atoms with van der Waals surface area (Å²) in [6.07, 6.45) is 0.314. The van der Waals surface area contributed by atoms with Crippen molar-refractivity contribution in [3.05, 3.63) is 34.6 Å². The molecule has 0 N–H and O–H groups in total. The maximum atomic E-state index is 13.3. The van der Waals surface area contributed by atoms with Crippen LogP contribution in [0.5, 0.6) is 0 Å². The summed E-state index contributed by atoms with van der Waals surface area (Å²) in [5, 5.41) is 8.69. The summed E-state index contributed by atoms with van der Waals surface area (Å²) in [4.78, 5) is 11.7. The number of rotatable bonds is 4. The van der Waals surface area contributed by atoms with Crippen LogP contribution in [0.3, 0.4) is 0 Å². The van der Waals surface area contributed by atoms with Crippen LogP contribution in [0, 0.1) is 46.3 Å². The molecule has 0 fully saturated rings. The first-order valence-electron chi connectivity index (χ1n) is 5.32. The van der Waals surface area contributed by atoms with Crippen LogP contribution in [0.15, 0.2) is 0 Å². The number of hydrogen-bond donors (Lipinski definition) is 0. The van der Waals surface area contributed by atoms with E-state index in [-0.39, 0.29) is 6.42 Å². The molecular weight excluding hydrogens is 269 g/mol. The van der Waals surface area contributed by atoms with Crippen molar-refractivity contribution in [3.8, 4) is 6.07 Å². The molecule has 0 saturated carbocycles. The van der Waals surface area contributed by atoms with Crippen molar-refractivity contribution in [1.82, 2.24) is 0 Å². The lowest BCUT2D eigenvalue weighted by molar-refractivity contribution is 0.0931. The van der Waals surface area contributed by atoms with Gasteiger partial charge in [-0.25, -0.2) is 22.0 Å². The van der Waals surface area contributed by atoms with E-state index in [1.807, 2.05) is 0 Å². The Labute approximate surface area is 105 Å². The fourth-order valence-corrected chi connectivity index (χ4v) is 1.54. The number of nitrogens with zero attached hydrogens (tertiary/aromatic N) is 1. The number of ketones is 1. The summed E-state index contributed by atoms with van der Waals surface area (Å²) >= 11 is 0. The van der Waals surface area contributed by atoms with Crippen LogP contribution in [0.25, 0.3) is 0 Å². The molecule has 0 heterocycles. The van der Waals surface area contributed by atoms with Gasteiger partial charge in [-0.1, -0.05) is 13.3 Å². The van der Waals surface area contributed by atoms with Crippen molar-refractivity contribution in [1.29, 1.82) is 5.26 Å². The molecule has 0 radical (unpaired) electrons. The van der Waals surface area contributed by atoms with Crippen molar-refractivity contribution < 1.29 is 26.7 Å². The Kier molecular flexibility index (Phi) is 4.59. The van der Waals surface area contributed by atoms with Gasteiger partial charge in [0.1, 0.15) is 5.92 Å². The zero-order valence-electron chi connectivity index (χ0n) is 9.74. The van der Waals surface area contributed by atoms with E-state index in [1.165, 1.54) is 6.07 Å². The van der Waals surface area contributed by atoms with Gasteiger partial charge in [0.15, 0.2) is 29.1 Å². The Morgan fingerprint density at radius 3 is 1.84 bits per heavy atom. The fraction of sp³-hybridized carbons (Fsp3) is 0.333. The van der Waals surface area contributed by atoms with E-state index in [2.05, 4.69) is 0 Å². The highest BCUT2D eigenvalue weighted by Crippen LogP contribution is 2.26. The van der Waals surface area contributed by atoms with Crippen molar-refractivity contribution in [3.63, 3.8) is 0 Å². The largest absolute Gasteiger partial charge is 0.292 e. The highest BCUT2D eigenvalue weighted by atomic mass is 19.2. The molecule has 0 spiro atoms. The summed E-state index contributed by atoms with van der Waals surface area (Å²) < 4.78 is 65.3. The van der Waals surface area contributed by atoms with Gasteiger partial charge in [-0.05, 0) is 6.42 Å². The Morgan fingerprint density at radius 2 is 1.47 bits per heavy atom. The van der Waals surface area contributed by atoms with Gasteiger partial charge in [0.2, 0.25) is 5.82 Å². The Morgan fingerprint density at radius 1 is 1.05 bits per heavy atom. The van der Waals surface area contributed by atoms with Crippen molar-refractivity contribution in [2.75, 3.05) is 0 Å². The topological polar surface area (TPSA) is 40.9 Å². The van der Waals surface area contributed by atoms with Gasteiger partial charge in [-0.3, -0.25) is 4.79 Å². The number of hydrogen-bond acceptors (Lipinski definition) is 2. The van der Waals surface area contributed by atoms with Crippen LogP contribution in [-0.2, 0) is 0 Å². The quantitative estimate of drug-likeness (QED) is 0.366. The minimum atomic E-state index is -2.34. The smallest absolute Gasteiger partial charge is 0.200 e. The van der Waals surface area contributed by atoms with Crippen molar-refractivity contribution in [2.45, 2.75) is 19.8 Å². The van der Waals surface area contributed by atoms with Gasteiger partial charge in [0, 0.05) is 0 Å². The first-order valence-corrected chi connectivity index (χ1v) is 5.32. The van der Waals surface area contributed by atoms with Gasteiger partial charge in [-0.15, -0.1) is 0 Å². The minimum Gasteiger partial charge on any atom is -0.292 e. The lowest BCUT2D eigenvalue weighted by Gasteiger charge is -2.10. The average molecular weight is 277 g/mol. The fourth-order valence-electron chi connectivity index (χ4n) is 1.54. The Bertz CT molecular complexity index is 535. The third-order valence-electron chi connectivity index (χ3n) is 2.51. The maximum absolute atomic E-state index is 13.3. The SMILES string of the molecule is CCCC(C#N)C(=O)c1c(F)c(F)c(F)c(F)c1F. The molecule has 0 aliphatic heterocycles. The molecule has 19 heavy (non-hydrogen) atoms. The molecule has 2 nitrogen and oxygen atoms in total. The summed E-state index contributed by atoms with van der Waals surface area (Å²) in [6, 6.07) is 1.49. The van der Waals surface area contributed by atoms with E-state index >= 15 is 0 Å². The van der Waals surface area contributed by atoms with Gasteiger partial charge >= 0.3 is 0 Å². The predicted molar refractivity (Wildman–Crippen MR) is 54.6 cm³/mol. The second kappa shape index (κ2) is 5.78. The average Bonchev–Trinajstić information content (AvgIpc) is 2.40. The lowest BCUT2D eigenvalue weighted by atomic mass is 9.94. The molecule has 1 atom stereocenters. The predicted octanol–water partition coefficient (Wildman–Crippen LogP) is 3.50. The van der Waals surface area contributed by atoms with E-state index in [9.17, 15) is 26.7 Å². The minimum absolute atomic E-state index is 0.0329. The van der Waals surface area contributed by atoms with E-state index in [4.69, 9.17) is 5.26 Å². The first kappa shape index (κ1) is 15.1. The number of Topliss-reactive ketones (excluding diaryl/α,β-unsaturated/α-hetero) is 1. The molecule has 102 valence electrons. The summed E-state index contributed by atoms with van der Waals surface area (Å²) in [5.74, 6) is -14.0. The standard InChI is InChI=1S/C12H8F5NO/c1-2-3-5(4-18)12(19)6-7(13)9(15)11(17)10(16)8(6)14/h5H,2-3H2,1H3. The van der Waals surface area contributed by atoms with Crippen molar-refractivity contribution >= 4 is 5.78 Å². The lowest BCUT2D eigenvalue weighted by Crippen LogP contribution is -2.19. The molecular formula is C12H8F5NO. The van der Waals surface area contributed by atoms with Crippen molar-refractivity contribution in [2.24, 2.45) is 5.92 Å². The van der Waals surface area contributed by atoms with E-state index in [0.29, 0.717) is 6.42 Å². The number of benzene rings is 1. The molecule has 1 unspecified atom stereocenters. The zero-order chi connectivity index (χ0) is 14.7. The van der Waals surface area contributed by atoms with E-state index < -0.39 is 46.4 Å². The second-order valence-corrected chi connectivity index (χ2v) is 3.78. The Hall–Kier alpha value is -1.97. The monoisotopic (exact) mass is 277 g/mol. The number of carbonyl (C=O) groups excluding carboxylic acids is 1. The van der Waals surface area contributed by atoms with Crippen LogP contribution in [0.4, 0.5) is 22.0 Å².